The van der Waals surface area contributed by atoms with Crippen LogP contribution in [0.4, 0.5) is 0 Å². The van der Waals surface area contributed by atoms with Gasteiger partial charge >= 0.3 is 0 Å². The molecular formula is C15H21Cl2N. The second-order valence-corrected chi connectivity index (χ2v) is 6.58. The first-order chi connectivity index (χ1) is 8.56. The summed E-state index contributed by atoms with van der Waals surface area (Å²) in [6, 6.07) is 5.73. The van der Waals surface area contributed by atoms with Gasteiger partial charge in [0.15, 0.2) is 0 Å². The Morgan fingerprint density at radius 1 is 1.22 bits per heavy atom. The van der Waals surface area contributed by atoms with Crippen LogP contribution in [0.3, 0.4) is 0 Å². The Kier molecular flexibility index (Phi) is 4.58. The number of hydrogen-bond acceptors (Lipinski definition) is 1. The average molecular weight is 286 g/mol. The normalized spacial score (nSPS) is 28.3. The highest BCUT2D eigenvalue weighted by Gasteiger charge is 2.34. The van der Waals surface area contributed by atoms with Gasteiger partial charge in [0.05, 0.1) is 0 Å². The van der Waals surface area contributed by atoms with Crippen molar-refractivity contribution in [2.24, 2.45) is 17.1 Å². The first kappa shape index (κ1) is 14.2. The Morgan fingerprint density at radius 3 is 2.28 bits per heavy atom. The Morgan fingerprint density at radius 2 is 1.78 bits per heavy atom. The van der Waals surface area contributed by atoms with Crippen LogP contribution in [0.15, 0.2) is 18.2 Å². The summed E-state index contributed by atoms with van der Waals surface area (Å²) in [6.07, 6.45) is 5.81. The van der Waals surface area contributed by atoms with Crippen LogP contribution in [0.1, 0.15) is 38.2 Å². The Labute approximate surface area is 120 Å². The van der Waals surface area contributed by atoms with E-state index in [-0.39, 0.29) is 5.41 Å². The van der Waals surface area contributed by atoms with E-state index in [1.54, 1.807) is 0 Å². The van der Waals surface area contributed by atoms with Gasteiger partial charge < -0.3 is 5.73 Å². The lowest BCUT2D eigenvalue weighted by Gasteiger charge is -2.39. The van der Waals surface area contributed by atoms with Gasteiger partial charge in [-0.25, -0.2) is 0 Å². The molecular weight excluding hydrogens is 265 g/mol. The molecule has 1 aliphatic rings. The van der Waals surface area contributed by atoms with Crippen LogP contribution in [0.25, 0.3) is 0 Å². The fraction of sp³-hybridized carbons (Fsp3) is 0.600. The molecule has 0 aromatic heterocycles. The SMILES string of the molecule is CC1CCC(CN)(Cc2c(Cl)cccc2Cl)CC1. The van der Waals surface area contributed by atoms with Crippen LogP contribution in [0, 0.1) is 11.3 Å². The quantitative estimate of drug-likeness (QED) is 0.857. The molecule has 0 bridgehead atoms. The topological polar surface area (TPSA) is 26.0 Å². The van der Waals surface area contributed by atoms with E-state index >= 15 is 0 Å². The highest BCUT2D eigenvalue weighted by atomic mass is 35.5. The summed E-state index contributed by atoms with van der Waals surface area (Å²) in [5.41, 5.74) is 7.31. The van der Waals surface area contributed by atoms with Crippen molar-refractivity contribution in [1.82, 2.24) is 0 Å². The van der Waals surface area contributed by atoms with Gasteiger partial charge in [0.2, 0.25) is 0 Å². The second kappa shape index (κ2) is 5.81. The Bertz CT molecular complexity index is 389. The molecule has 2 rings (SSSR count). The summed E-state index contributed by atoms with van der Waals surface area (Å²) in [5.74, 6) is 0.825. The summed E-state index contributed by atoms with van der Waals surface area (Å²) in [6.45, 7) is 3.05. The first-order valence-corrected chi connectivity index (χ1v) is 7.45. The van der Waals surface area contributed by atoms with Crippen LogP contribution >= 0.6 is 23.2 Å². The molecule has 1 aromatic rings. The minimum Gasteiger partial charge on any atom is -0.330 e. The van der Waals surface area contributed by atoms with Crippen LogP contribution in [-0.2, 0) is 6.42 Å². The molecule has 0 saturated heterocycles. The van der Waals surface area contributed by atoms with Crippen molar-refractivity contribution in [1.29, 1.82) is 0 Å². The van der Waals surface area contributed by atoms with Crippen molar-refractivity contribution >= 4 is 23.2 Å². The third kappa shape index (κ3) is 3.01. The van der Waals surface area contributed by atoms with Crippen LogP contribution in [0.2, 0.25) is 10.0 Å². The zero-order valence-electron chi connectivity index (χ0n) is 10.9. The lowest BCUT2D eigenvalue weighted by molar-refractivity contribution is 0.163. The van der Waals surface area contributed by atoms with Crippen LogP contribution in [-0.4, -0.2) is 6.54 Å². The molecule has 0 atom stereocenters. The molecule has 0 spiro atoms. The highest BCUT2D eigenvalue weighted by Crippen LogP contribution is 2.42. The van der Waals surface area contributed by atoms with Gasteiger partial charge in [0, 0.05) is 10.0 Å². The minimum absolute atomic E-state index is 0.196. The smallest absolute Gasteiger partial charge is 0.0453 e. The molecule has 2 N–H and O–H groups in total. The van der Waals surface area contributed by atoms with Crippen LogP contribution in [0.5, 0.6) is 0 Å². The molecule has 0 heterocycles. The van der Waals surface area contributed by atoms with Crippen molar-refractivity contribution in [2.75, 3.05) is 6.54 Å². The number of nitrogens with two attached hydrogens (primary N) is 1. The van der Waals surface area contributed by atoms with Gasteiger partial charge in [-0.2, -0.15) is 0 Å². The molecule has 0 amide bonds. The third-order valence-electron chi connectivity index (χ3n) is 4.38. The fourth-order valence-electron chi connectivity index (χ4n) is 2.90. The van der Waals surface area contributed by atoms with E-state index in [1.807, 2.05) is 18.2 Å². The zero-order valence-corrected chi connectivity index (χ0v) is 12.4. The summed E-state index contributed by atoms with van der Waals surface area (Å²) in [5, 5.41) is 1.54. The maximum absolute atomic E-state index is 6.27. The van der Waals surface area contributed by atoms with Gasteiger partial charge in [-0.05, 0) is 54.8 Å². The highest BCUT2D eigenvalue weighted by molar-refractivity contribution is 6.36. The van der Waals surface area contributed by atoms with E-state index < -0.39 is 0 Å². The molecule has 0 aliphatic heterocycles. The van der Waals surface area contributed by atoms with Crippen molar-refractivity contribution in [2.45, 2.75) is 39.0 Å². The molecule has 100 valence electrons. The van der Waals surface area contributed by atoms with Crippen molar-refractivity contribution < 1.29 is 0 Å². The summed E-state index contributed by atoms with van der Waals surface area (Å²) < 4.78 is 0. The van der Waals surface area contributed by atoms with Crippen LogP contribution < -0.4 is 5.73 Å². The molecule has 1 fully saturated rings. The second-order valence-electron chi connectivity index (χ2n) is 5.76. The van der Waals surface area contributed by atoms with Gasteiger partial charge in [-0.3, -0.25) is 0 Å². The maximum Gasteiger partial charge on any atom is 0.0453 e. The fourth-order valence-corrected chi connectivity index (χ4v) is 3.43. The lowest BCUT2D eigenvalue weighted by Crippen LogP contribution is -2.36. The molecule has 1 aromatic carbocycles. The molecule has 18 heavy (non-hydrogen) atoms. The lowest BCUT2D eigenvalue weighted by atomic mass is 9.68. The Hall–Kier alpha value is -0.240. The number of benzene rings is 1. The van der Waals surface area contributed by atoms with Crippen molar-refractivity contribution in [3.63, 3.8) is 0 Å². The van der Waals surface area contributed by atoms with Gasteiger partial charge in [0.25, 0.3) is 0 Å². The number of rotatable bonds is 3. The van der Waals surface area contributed by atoms with E-state index in [1.165, 1.54) is 25.7 Å². The van der Waals surface area contributed by atoms with Crippen molar-refractivity contribution in [3.8, 4) is 0 Å². The minimum atomic E-state index is 0.196. The predicted molar refractivity (Wildman–Crippen MR) is 79.3 cm³/mol. The van der Waals surface area contributed by atoms with Gasteiger partial charge in [-0.15, -0.1) is 0 Å². The van der Waals surface area contributed by atoms with Crippen molar-refractivity contribution in [3.05, 3.63) is 33.8 Å². The molecule has 0 radical (unpaired) electrons. The molecule has 3 heteroatoms. The Balaban J connectivity index is 2.20. The molecule has 1 nitrogen and oxygen atoms in total. The van der Waals surface area contributed by atoms with E-state index in [2.05, 4.69) is 6.92 Å². The largest absolute Gasteiger partial charge is 0.330 e. The first-order valence-electron chi connectivity index (χ1n) is 6.69. The third-order valence-corrected chi connectivity index (χ3v) is 5.09. The molecule has 1 aliphatic carbocycles. The summed E-state index contributed by atoms with van der Waals surface area (Å²) in [4.78, 5) is 0. The number of halogens is 2. The van der Waals surface area contributed by atoms with E-state index in [9.17, 15) is 0 Å². The van der Waals surface area contributed by atoms with E-state index in [0.717, 1.165) is 34.5 Å². The monoisotopic (exact) mass is 285 g/mol. The van der Waals surface area contributed by atoms with E-state index in [4.69, 9.17) is 28.9 Å². The maximum atomic E-state index is 6.27. The summed E-state index contributed by atoms with van der Waals surface area (Å²) >= 11 is 12.5. The van der Waals surface area contributed by atoms with Gasteiger partial charge in [-0.1, -0.05) is 49.0 Å². The van der Waals surface area contributed by atoms with E-state index in [0.29, 0.717) is 0 Å². The standard InChI is InChI=1S/C15H21Cl2N/c1-11-5-7-15(10-18,8-6-11)9-12-13(16)3-2-4-14(12)17/h2-4,11H,5-10,18H2,1H3. The number of hydrogen-bond donors (Lipinski definition) is 1. The zero-order chi connectivity index (χ0) is 13.2. The molecule has 1 saturated carbocycles. The molecule has 0 unspecified atom stereocenters. The predicted octanol–water partition coefficient (Wildman–Crippen LogP) is 4.69. The van der Waals surface area contributed by atoms with Gasteiger partial charge in [0.1, 0.15) is 0 Å². The summed E-state index contributed by atoms with van der Waals surface area (Å²) in [7, 11) is 0. The average Bonchev–Trinajstić information content (AvgIpc) is 2.37.